The molecule has 150 valence electrons. The van der Waals surface area contributed by atoms with Gasteiger partial charge in [-0.05, 0) is 44.0 Å². The van der Waals surface area contributed by atoms with Crippen LogP contribution in [0, 0.1) is 6.92 Å². The Morgan fingerprint density at radius 3 is 2.79 bits per heavy atom. The number of piperidine rings is 1. The van der Waals surface area contributed by atoms with E-state index in [2.05, 4.69) is 20.6 Å². The van der Waals surface area contributed by atoms with E-state index < -0.39 is 12.3 Å². The summed E-state index contributed by atoms with van der Waals surface area (Å²) in [7, 11) is 0. The van der Waals surface area contributed by atoms with Crippen LogP contribution in [0.2, 0.25) is 0 Å². The number of phenolic OH excluding ortho intramolecular Hbond substituents is 1. The third-order valence-electron chi connectivity index (χ3n) is 5.69. The number of rotatable bonds is 4. The fraction of sp³-hybridized carbons (Fsp3) is 0.381. The zero-order valence-electron chi connectivity index (χ0n) is 16.0. The average Bonchev–Trinajstić information content (AvgIpc) is 3.33. The monoisotopic (exact) mass is 395 g/mol. The zero-order valence-corrected chi connectivity index (χ0v) is 16.0. The zero-order chi connectivity index (χ0) is 20.0. The standard InChI is InChI=1S/C21H22FN5O2/c1-12-8-9-27(26-12)14-3-4-15(18(28)11-14)16-6-7-20(25-24-16)29-19-10-13-2-5-17(23-13)21(19)22/h3-4,6-9,11,13,17,19,21,23,28H,2,5,10H2,1H3. The van der Waals surface area contributed by atoms with Crippen LogP contribution in [0.1, 0.15) is 25.0 Å². The number of nitrogens with one attached hydrogen (secondary N) is 1. The second-order valence-corrected chi connectivity index (χ2v) is 7.74. The Labute approximate surface area is 167 Å². The topological polar surface area (TPSA) is 85.1 Å². The first kappa shape index (κ1) is 18.1. The molecule has 3 aromatic rings. The van der Waals surface area contributed by atoms with Crippen molar-refractivity contribution in [3.8, 4) is 28.6 Å². The maximum atomic E-state index is 14.5. The van der Waals surface area contributed by atoms with E-state index in [0.29, 0.717) is 29.6 Å². The van der Waals surface area contributed by atoms with E-state index in [0.717, 1.165) is 24.2 Å². The van der Waals surface area contributed by atoms with E-state index in [1.165, 1.54) is 0 Å². The lowest BCUT2D eigenvalue weighted by molar-refractivity contribution is 0.0422. The van der Waals surface area contributed by atoms with Crippen molar-refractivity contribution in [2.24, 2.45) is 0 Å². The molecule has 2 aromatic heterocycles. The van der Waals surface area contributed by atoms with Crippen LogP contribution in [0.3, 0.4) is 0 Å². The first-order valence-corrected chi connectivity index (χ1v) is 9.83. The van der Waals surface area contributed by atoms with Crippen LogP contribution < -0.4 is 10.1 Å². The number of aryl methyl sites for hydroxylation is 1. The van der Waals surface area contributed by atoms with Crippen LogP contribution in [0.15, 0.2) is 42.6 Å². The highest BCUT2D eigenvalue weighted by Gasteiger charge is 2.43. The number of aromatic hydroxyl groups is 1. The second kappa shape index (κ2) is 7.11. The van der Waals surface area contributed by atoms with E-state index in [1.54, 1.807) is 28.9 Å². The van der Waals surface area contributed by atoms with Gasteiger partial charge in [-0.1, -0.05) is 0 Å². The first-order valence-electron chi connectivity index (χ1n) is 9.83. The number of nitrogens with zero attached hydrogens (tertiary/aromatic N) is 4. The number of ether oxygens (including phenoxy) is 1. The Morgan fingerprint density at radius 2 is 2.07 bits per heavy atom. The molecule has 2 N–H and O–H groups in total. The van der Waals surface area contributed by atoms with Crippen molar-refractivity contribution in [2.45, 2.75) is 50.5 Å². The molecule has 7 nitrogen and oxygen atoms in total. The molecule has 2 aliphatic rings. The molecule has 1 aromatic carbocycles. The predicted molar refractivity (Wildman–Crippen MR) is 105 cm³/mol. The quantitative estimate of drug-likeness (QED) is 0.707. The lowest BCUT2D eigenvalue weighted by Crippen LogP contribution is -2.51. The Bertz CT molecular complexity index is 1020. The number of benzene rings is 1. The molecule has 5 rings (SSSR count). The van der Waals surface area contributed by atoms with Crippen molar-refractivity contribution in [1.82, 2.24) is 25.3 Å². The predicted octanol–water partition coefficient (Wildman–Crippen LogP) is 2.95. The summed E-state index contributed by atoms with van der Waals surface area (Å²) in [6, 6.07) is 10.7. The minimum Gasteiger partial charge on any atom is -0.507 e. The van der Waals surface area contributed by atoms with Gasteiger partial charge in [0.15, 0.2) is 6.17 Å². The maximum absolute atomic E-state index is 14.5. The Morgan fingerprint density at radius 1 is 1.17 bits per heavy atom. The highest BCUT2D eigenvalue weighted by atomic mass is 19.1. The molecule has 2 aliphatic heterocycles. The van der Waals surface area contributed by atoms with E-state index in [4.69, 9.17) is 4.74 Å². The molecule has 0 aliphatic carbocycles. The van der Waals surface area contributed by atoms with Crippen molar-refractivity contribution in [3.63, 3.8) is 0 Å². The summed E-state index contributed by atoms with van der Waals surface area (Å²) < 4.78 is 22.0. The van der Waals surface area contributed by atoms with Crippen molar-refractivity contribution in [2.75, 3.05) is 0 Å². The average molecular weight is 395 g/mol. The summed E-state index contributed by atoms with van der Waals surface area (Å²) >= 11 is 0. The highest BCUT2D eigenvalue weighted by molar-refractivity contribution is 5.68. The van der Waals surface area contributed by atoms with Gasteiger partial charge in [0.2, 0.25) is 5.88 Å². The fourth-order valence-electron chi connectivity index (χ4n) is 4.19. The summed E-state index contributed by atoms with van der Waals surface area (Å²) in [6.45, 7) is 1.91. The number of alkyl halides is 1. The summed E-state index contributed by atoms with van der Waals surface area (Å²) in [5.41, 5.74) is 2.72. The van der Waals surface area contributed by atoms with Gasteiger partial charge in [0.1, 0.15) is 11.9 Å². The van der Waals surface area contributed by atoms with Gasteiger partial charge >= 0.3 is 0 Å². The fourth-order valence-corrected chi connectivity index (χ4v) is 4.19. The van der Waals surface area contributed by atoms with Crippen molar-refractivity contribution >= 4 is 0 Å². The first-order chi connectivity index (χ1) is 14.1. The molecule has 8 heteroatoms. The van der Waals surface area contributed by atoms with Crippen LogP contribution in [-0.2, 0) is 0 Å². The van der Waals surface area contributed by atoms with Gasteiger partial charge in [0, 0.05) is 42.4 Å². The van der Waals surface area contributed by atoms with Crippen LogP contribution in [0.5, 0.6) is 11.6 Å². The van der Waals surface area contributed by atoms with Gasteiger partial charge in [-0.25, -0.2) is 9.07 Å². The number of halogens is 1. The normalized spacial score (nSPS) is 25.9. The third kappa shape index (κ3) is 3.44. The number of aromatic nitrogens is 4. The second-order valence-electron chi connectivity index (χ2n) is 7.74. The van der Waals surface area contributed by atoms with E-state index in [9.17, 15) is 9.50 Å². The molecule has 0 radical (unpaired) electrons. The summed E-state index contributed by atoms with van der Waals surface area (Å²) in [6.07, 6.45) is 2.76. The minimum atomic E-state index is -1.04. The molecule has 0 saturated carbocycles. The van der Waals surface area contributed by atoms with E-state index in [-0.39, 0.29) is 11.8 Å². The van der Waals surface area contributed by atoms with Crippen LogP contribution >= 0.6 is 0 Å². The van der Waals surface area contributed by atoms with Gasteiger partial charge in [-0.15, -0.1) is 10.2 Å². The van der Waals surface area contributed by atoms with Crippen molar-refractivity contribution in [3.05, 3.63) is 48.3 Å². The number of fused-ring (bicyclic) bond motifs is 2. The largest absolute Gasteiger partial charge is 0.507 e. The Kier molecular flexibility index (Phi) is 4.43. The minimum absolute atomic E-state index is 0.0809. The molecule has 29 heavy (non-hydrogen) atoms. The van der Waals surface area contributed by atoms with Gasteiger partial charge in [-0.2, -0.15) is 5.10 Å². The lowest BCUT2D eigenvalue weighted by Gasteiger charge is -2.32. The molecule has 4 atom stereocenters. The van der Waals surface area contributed by atoms with E-state index >= 15 is 0 Å². The molecule has 2 saturated heterocycles. The van der Waals surface area contributed by atoms with Crippen molar-refractivity contribution in [1.29, 1.82) is 0 Å². The van der Waals surface area contributed by atoms with E-state index in [1.807, 2.05) is 25.3 Å². The SMILES string of the molecule is Cc1ccn(-c2ccc(-c3ccc(OC4CC5CCC(N5)C4F)nn3)c(O)c2)n1. The van der Waals surface area contributed by atoms with Crippen LogP contribution in [0.25, 0.3) is 16.9 Å². The lowest BCUT2D eigenvalue weighted by atomic mass is 10.0. The maximum Gasteiger partial charge on any atom is 0.233 e. The van der Waals surface area contributed by atoms with Gasteiger partial charge < -0.3 is 15.2 Å². The Hall–Kier alpha value is -3.00. The summed E-state index contributed by atoms with van der Waals surface area (Å²) in [5.74, 6) is 0.378. The van der Waals surface area contributed by atoms with Gasteiger partial charge in [-0.3, -0.25) is 0 Å². The molecule has 2 fully saturated rings. The van der Waals surface area contributed by atoms with Crippen LogP contribution in [0.4, 0.5) is 4.39 Å². The molecular weight excluding hydrogens is 373 g/mol. The molecule has 4 heterocycles. The molecular formula is C21H22FN5O2. The third-order valence-corrected chi connectivity index (χ3v) is 5.69. The van der Waals surface area contributed by atoms with Gasteiger partial charge in [0.05, 0.1) is 17.1 Å². The number of hydrogen-bond donors (Lipinski definition) is 2. The molecule has 4 unspecified atom stereocenters. The molecule has 0 amide bonds. The Balaban J connectivity index is 1.32. The smallest absolute Gasteiger partial charge is 0.233 e. The highest BCUT2D eigenvalue weighted by Crippen LogP contribution is 2.33. The number of hydrogen-bond acceptors (Lipinski definition) is 6. The number of phenols is 1. The van der Waals surface area contributed by atoms with Gasteiger partial charge in [0.25, 0.3) is 0 Å². The van der Waals surface area contributed by atoms with Crippen LogP contribution in [-0.4, -0.2) is 49.4 Å². The molecule has 2 bridgehead atoms. The van der Waals surface area contributed by atoms with Crippen molar-refractivity contribution < 1.29 is 14.2 Å². The molecule has 0 spiro atoms. The summed E-state index contributed by atoms with van der Waals surface area (Å²) in [4.78, 5) is 0. The summed E-state index contributed by atoms with van der Waals surface area (Å²) in [5, 5.41) is 26.3.